The zero-order valence-corrected chi connectivity index (χ0v) is 16.0. The first-order valence-electron chi connectivity index (χ1n) is 8.23. The molecule has 1 atom stereocenters. The predicted molar refractivity (Wildman–Crippen MR) is 102 cm³/mol. The maximum absolute atomic E-state index is 12.2. The minimum atomic E-state index is -0.174. The Labute approximate surface area is 160 Å². The van der Waals surface area contributed by atoms with Crippen LogP contribution in [0.15, 0.2) is 52.2 Å². The Bertz CT molecular complexity index is 862. The van der Waals surface area contributed by atoms with Gasteiger partial charge in [0.1, 0.15) is 5.76 Å². The second-order valence-corrected chi connectivity index (χ2v) is 7.03. The van der Waals surface area contributed by atoms with E-state index in [2.05, 4.69) is 15.5 Å². The molecule has 0 fully saturated rings. The SMILES string of the molecule is CCn1c(SCC(=O)NC(C)c2ccco2)nnc1-c1ccc(Cl)cc1. The first-order chi connectivity index (χ1) is 12.6. The number of nitrogens with one attached hydrogen (secondary N) is 1. The van der Waals surface area contributed by atoms with Crippen LogP contribution in [-0.2, 0) is 11.3 Å². The summed E-state index contributed by atoms with van der Waals surface area (Å²) >= 11 is 7.30. The number of hydrogen-bond donors (Lipinski definition) is 1. The van der Waals surface area contributed by atoms with Crippen molar-refractivity contribution in [1.82, 2.24) is 20.1 Å². The first kappa shape index (κ1) is 18.5. The summed E-state index contributed by atoms with van der Waals surface area (Å²) in [6.45, 7) is 4.61. The lowest BCUT2D eigenvalue weighted by atomic mass is 10.2. The highest BCUT2D eigenvalue weighted by Gasteiger charge is 2.16. The van der Waals surface area contributed by atoms with Gasteiger partial charge in [-0.25, -0.2) is 0 Å². The molecule has 1 amide bonds. The summed E-state index contributed by atoms with van der Waals surface area (Å²) < 4.78 is 7.28. The molecule has 1 N–H and O–H groups in total. The van der Waals surface area contributed by atoms with Crippen LogP contribution >= 0.6 is 23.4 Å². The van der Waals surface area contributed by atoms with Crippen molar-refractivity contribution in [2.24, 2.45) is 0 Å². The number of carbonyl (C=O) groups is 1. The first-order valence-corrected chi connectivity index (χ1v) is 9.59. The maximum atomic E-state index is 12.2. The Hall–Kier alpha value is -2.25. The van der Waals surface area contributed by atoms with E-state index in [1.54, 1.807) is 12.3 Å². The van der Waals surface area contributed by atoms with E-state index in [4.69, 9.17) is 16.0 Å². The average Bonchev–Trinajstić information content (AvgIpc) is 3.30. The zero-order chi connectivity index (χ0) is 18.5. The summed E-state index contributed by atoms with van der Waals surface area (Å²) in [5.74, 6) is 1.66. The van der Waals surface area contributed by atoms with Crippen molar-refractivity contribution in [3.63, 3.8) is 0 Å². The highest BCUT2D eigenvalue weighted by molar-refractivity contribution is 7.99. The summed E-state index contributed by atoms with van der Waals surface area (Å²) in [4.78, 5) is 12.2. The quantitative estimate of drug-likeness (QED) is 0.612. The molecule has 1 aromatic carbocycles. The average molecular weight is 391 g/mol. The molecule has 8 heteroatoms. The van der Waals surface area contributed by atoms with Crippen LogP contribution in [0, 0.1) is 0 Å². The van der Waals surface area contributed by atoms with E-state index in [-0.39, 0.29) is 17.7 Å². The van der Waals surface area contributed by atoms with Crippen molar-refractivity contribution in [3.8, 4) is 11.4 Å². The van der Waals surface area contributed by atoms with Crippen LogP contribution in [0.5, 0.6) is 0 Å². The van der Waals surface area contributed by atoms with Crippen LogP contribution in [0.3, 0.4) is 0 Å². The number of rotatable bonds is 7. The molecule has 0 aliphatic heterocycles. The predicted octanol–water partition coefficient (Wildman–Crippen LogP) is 4.18. The number of amides is 1. The molecule has 0 saturated carbocycles. The van der Waals surface area contributed by atoms with Crippen molar-refractivity contribution >= 4 is 29.3 Å². The lowest BCUT2D eigenvalue weighted by molar-refractivity contribution is -0.119. The van der Waals surface area contributed by atoms with Gasteiger partial charge in [-0.2, -0.15) is 0 Å². The molecule has 3 aromatic rings. The molecule has 0 aliphatic carbocycles. The Balaban J connectivity index is 1.65. The van der Waals surface area contributed by atoms with Crippen molar-refractivity contribution in [3.05, 3.63) is 53.4 Å². The van der Waals surface area contributed by atoms with E-state index >= 15 is 0 Å². The summed E-state index contributed by atoms with van der Waals surface area (Å²) in [7, 11) is 0. The van der Waals surface area contributed by atoms with Crippen molar-refractivity contribution in [1.29, 1.82) is 0 Å². The molecular formula is C18H19ClN4O2S. The van der Waals surface area contributed by atoms with Crippen LogP contribution in [0.25, 0.3) is 11.4 Å². The monoisotopic (exact) mass is 390 g/mol. The number of thioether (sulfide) groups is 1. The van der Waals surface area contributed by atoms with Gasteiger partial charge >= 0.3 is 0 Å². The number of hydrogen-bond acceptors (Lipinski definition) is 5. The summed E-state index contributed by atoms with van der Waals surface area (Å²) in [6.07, 6.45) is 1.59. The minimum absolute atomic E-state index is 0.0856. The third-order valence-electron chi connectivity index (χ3n) is 3.82. The molecule has 2 heterocycles. The van der Waals surface area contributed by atoms with Gasteiger partial charge in [-0.05, 0) is 50.2 Å². The summed E-state index contributed by atoms with van der Waals surface area (Å²) in [5, 5.41) is 12.8. The lowest BCUT2D eigenvalue weighted by Gasteiger charge is -2.11. The molecule has 26 heavy (non-hydrogen) atoms. The van der Waals surface area contributed by atoms with Gasteiger partial charge in [0, 0.05) is 17.1 Å². The van der Waals surface area contributed by atoms with E-state index in [0.717, 1.165) is 17.1 Å². The van der Waals surface area contributed by atoms with Crippen molar-refractivity contribution in [2.45, 2.75) is 31.6 Å². The Morgan fingerprint density at radius 1 is 1.31 bits per heavy atom. The molecule has 0 bridgehead atoms. The number of carbonyl (C=O) groups excluding carboxylic acids is 1. The third kappa shape index (κ3) is 4.28. The highest BCUT2D eigenvalue weighted by atomic mass is 35.5. The number of aromatic nitrogens is 3. The van der Waals surface area contributed by atoms with E-state index in [1.165, 1.54) is 11.8 Å². The number of halogens is 1. The fourth-order valence-corrected chi connectivity index (χ4v) is 3.45. The van der Waals surface area contributed by atoms with Gasteiger partial charge < -0.3 is 14.3 Å². The lowest BCUT2D eigenvalue weighted by Crippen LogP contribution is -2.28. The third-order valence-corrected chi connectivity index (χ3v) is 5.03. The topological polar surface area (TPSA) is 73.0 Å². The van der Waals surface area contributed by atoms with Crippen LogP contribution < -0.4 is 5.32 Å². The largest absolute Gasteiger partial charge is 0.467 e. The van der Waals surface area contributed by atoms with Gasteiger partial charge in [-0.1, -0.05) is 23.4 Å². The van der Waals surface area contributed by atoms with Gasteiger partial charge in [-0.3, -0.25) is 4.79 Å². The van der Waals surface area contributed by atoms with Crippen LogP contribution in [0.1, 0.15) is 25.6 Å². The van der Waals surface area contributed by atoms with Crippen molar-refractivity contribution < 1.29 is 9.21 Å². The molecule has 3 rings (SSSR count). The highest BCUT2D eigenvalue weighted by Crippen LogP contribution is 2.25. The van der Waals surface area contributed by atoms with Crippen LogP contribution in [0.4, 0.5) is 0 Å². The van der Waals surface area contributed by atoms with Gasteiger partial charge in [0.05, 0.1) is 18.1 Å². The molecule has 136 valence electrons. The smallest absolute Gasteiger partial charge is 0.231 e. The van der Waals surface area contributed by atoms with Gasteiger partial charge in [0.2, 0.25) is 5.91 Å². The van der Waals surface area contributed by atoms with E-state index in [9.17, 15) is 4.79 Å². The fraction of sp³-hybridized carbons (Fsp3) is 0.278. The molecule has 2 aromatic heterocycles. The van der Waals surface area contributed by atoms with Gasteiger partial charge in [0.25, 0.3) is 0 Å². The molecular weight excluding hydrogens is 372 g/mol. The van der Waals surface area contributed by atoms with E-state index < -0.39 is 0 Å². The molecule has 0 saturated heterocycles. The summed E-state index contributed by atoms with van der Waals surface area (Å²) in [5.41, 5.74) is 0.937. The second kappa shape index (κ2) is 8.42. The normalized spacial score (nSPS) is 12.1. The standard InChI is InChI=1S/C18H19ClN4O2S/c1-3-23-17(13-6-8-14(19)9-7-13)21-22-18(23)26-11-16(24)20-12(2)15-5-4-10-25-15/h4-10,12H,3,11H2,1-2H3,(H,20,24). The van der Waals surface area contributed by atoms with Crippen LogP contribution in [-0.4, -0.2) is 26.4 Å². The van der Waals surface area contributed by atoms with Gasteiger partial charge in [-0.15, -0.1) is 10.2 Å². The van der Waals surface area contributed by atoms with Gasteiger partial charge in [0.15, 0.2) is 11.0 Å². The molecule has 0 spiro atoms. The second-order valence-electron chi connectivity index (χ2n) is 5.65. The van der Waals surface area contributed by atoms with Crippen molar-refractivity contribution in [2.75, 3.05) is 5.75 Å². The van der Waals surface area contributed by atoms with E-state index in [1.807, 2.05) is 48.7 Å². The molecule has 0 radical (unpaired) electrons. The molecule has 0 aliphatic rings. The zero-order valence-electron chi connectivity index (χ0n) is 14.5. The number of furan rings is 1. The molecule has 1 unspecified atom stereocenters. The Morgan fingerprint density at radius 2 is 2.08 bits per heavy atom. The molecule has 6 nitrogen and oxygen atoms in total. The number of benzene rings is 1. The number of nitrogens with zero attached hydrogens (tertiary/aromatic N) is 3. The minimum Gasteiger partial charge on any atom is -0.467 e. The Kier molecular flexibility index (Phi) is 6.00. The van der Waals surface area contributed by atoms with Crippen LogP contribution in [0.2, 0.25) is 5.02 Å². The Morgan fingerprint density at radius 3 is 2.73 bits per heavy atom. The summed E-state index contributed by atoms with van der Waals surface area (Å²) in [6, 6.07) is 10.9. The fourth-order valence-electron chi connectivity index (χ4n) is 2.52. The maximum Gasteiger partial charge on any atom is 0.231 e. The van der Waals surface area contributed by atoms with E-state index in [0.29, 0.717) is 16.7 Å².